The van der Waals surface area contributed by atoms with Gasteiger partial charge in [-0.05, 0) is 101 Å². The lowest BCUT2D eigenvalue weighted by molar-refractivity contribution is 0.0787. The van der Waals surface area contributed by atoms with Gasteiger partial charge in [0.2, 0.25) is 0 Å². The summed E-state index contributed by atoms with van der Waals surface area (Å²) in [6.07, 6.45) is 3.01. The second-order valence-electron chi connectivity index (χ2n) is 12.3. The molecule has 2 N–H and O–H groups in total. The summed E-state index contributed by atoms with van der Waals surface area (Å²) in [7, 11) is 0. The highest BCUT2D eigenvalue weighted by Gasteiger charge is 2.41. The predicted molar refractivity (Wildman–Crippen MR) is 181 cm³/mol. The molecular formula is C36H38N2O2S2. The summed E-state index contributed by atoms with van der Waals surface area (Å²) in [6.45, 7) is 7.64. The zero-order valence-corrected chi connectivity index (χ0v) is 26.1. The fourth-order valence-corrected chi connectivity index (χ4v) is 6.73. The van der Waals surface area contributed by atoms with E-state index in [1.807, 2.05) is 60.7 Å². The molecule has 0 bridgehead atoms. The van der Waals surface area contributed by atoms with Crippen LogP contribution in [0.25, 0.3) is 22.3 Å². The zero-order chi connectivity index (χ0) is 29.6. The summed E-state index contributed by atoms with van der Waals surface area (Å²) in [5.41, 5.74) is 4.76. The number of ether oxygens (including phenoxy) is 2. The van der Waals surface area contributed by atoms with E-state index in [1.165, 1.54) is 11.1 Å². The fraction of sp³-hybridized carbons (Fsp3) is 0.278. The number of nitrogens with one attached hydrogen (secondary N) is 2. The Morgan fingerprint density at radius 1 is 0.643 bits per heavy atom. The molecule has 0 spiro atoms. The molecule has 1 fully saturated rings. The van der Waals surface area contributed by atoms with Gasteiger partial charge in [0.05, 0.1) is 0 Å². The number of rotatable bonds is 7. The van der Waals surface area contributed by atoms with E-state index in [9.17, 15) is 0 Å². The van der Waals surface area contributed by atoms with Crippen LogP contribution in [0.4, 0.5) is 0 Å². The molecule has 0 aromatic heterocycles. The van der Waals surface area contributed by atoms with E-state index in [-0.39, 0.29) is 16.9 Å². The van der Waals surface area contributed by atoms with Gasteiger partial charge in [-0.25, -0.2) is 0 Å². The third-order valence-electron chi connectivity index (χ3n) is 7.77. The quantitative estimate of drug-likeness (QED) is 0.209. The van der Waals surface area contributed by atoms with Crippen LogP contribution in [-0.4, -0.2) is 22.9 Å². The first-order valence-electron chi connectivity index (χ1n) is 14.4. The van der Waals surface area contributed by atoms with Crippen molar-refractivity contribution in [3.8, 4) is 33.8 Å². The molecule has 2 unspecified atom stereocenters. The lowest BCUT2D eigenvalue weighted by Gasteiger charge is -2.47. The smallest absolute Gasteiger partial charge is 0.262 e. The van der Waals surface area contributed by atoms with Crippen LogP contribution in [-0.2, 0) is 0 Å². The van der Waals surface area contributed by atoms with Crippen LogP contribution in [0.2, 0.25) is 0 Å². The van der Waals surface area contributed by atoms with Crippen LogP contribution in [0.3, 0.4) is 0 Å². The van der Waals surface area contributed by atoms with Gasteiger partial charge in [0, 0.05) is 12.6 Å². The van der Waals surface area contributed by atoms with Gasteiger partial charge in [-0.1, -0.05) is 106 Å². The summed E-state index contributed by atoms with van der Waals surface area (Å²) in [4.78, 5) is 0. The van der Waals surface area contributed by atoms with Crippen LogP contribution >= 0.6 is 24.4 Å². The molecule has 0 heterocycles. The van der Waals surface area contributed by atoms with Crippen molar-refractivity contribution in [1.82, 2.24) is 10.6 Å². The average molecular weight is 595 g/mol. The van der Waals surface area contributed by atoms with Crippen LogP contribution in [0.5, 0.6) is 11.5 Å². The maximum atomic E-state index is 6.01. The summed E-state index contributed by atoms with van der Waals surface area (Å²) in [5, 5.41) is 7.65. The normalized spacial score (nSPS) is 19.4. The maximum Gasteiger partial charge on any atom is 0.262 e. The van der Waals surface area contributed by atoms with Crippen molar-refractivity contribution in [3.63, 3.8) is 0 Å². The molecule has 2 atom stereocenters. The molecule has 4 aromatic carbocycles. The second kappa shape index (κ2) is 13.1. The first kappa shape index (κ1) is 29.7. The standard InChI is InChI=1S/C36H38N2O2S2/c1-35(2)22-30(38-34(42)40-32-20-16-29(17-21-32)27-12-8-5-9-13-27)23-36(3,24-35)25-37-33(41)39-31-18-14-28(15-19-31)26-10-6-4-7-11-26/h4-21,30H,22-25H2,1-3H3,(H,37,41)(H,38,42). The SMILES string of the molecule is CC1(C)CC(NC(=S)Oc2ccc(-c3ccccc3)cc2)CC(C)(CNC(=S)Oc2ccc(-c3ccccc3)cc2)C1. The van der Waals surface area contributed by atoms with E-state index in [0.717, 1.165) is 41.9 Å². The van der Waals surface area contributed by atoms with E-state index in [2.05, 4.69) is 79.9 Å². The molecular weight excluding hydrogens is 557 g/mol. The molecule has 0 saturated heterocycles. The molecule has 1 aliphatic carbocycles. The van der Waals surface area contributed by atoms with E-state index < -0.39 is 0 Å². The topological polar surface area (TPSA) is 42.5 Å². The van der Waals surface area contributed by atoms with Crippen molar-refractivity contribution in [3.05, 3.63) is 109 Å². The summed E-state index contributed by atoms with van der Waals surface area (Å²) >= 11 is 11.2. The molecule has 1 saturated carbocycles. The molecule has 1 aliphatic rings. The first-order chi connectivity index (χ1) is 20.2. The van der Waals surface area contributed by atoms with Crippen molar-refractivity contribution in [1.29, 1.82) is 0 Å². The number of thiocarbonyl (C=S) groups is 2. The minimum atomic E-state index is -0.00303. The Labute approximate surface area is 260 Å². The van der Waals surface area contributed by atoms with Gasteiger partial charge in [-0.15, -0.1) is 0 Å². The highest BCUT2D eigenvalue weighted by atomic mass is 32.1. The van der Waals surface area contributed by atoms with Crippen molar-refractivity contribution in [2.75, 3.05) is 6.54 Å². The van der Waals surface area contributed by atoms with Gasteiger partial charge in [-0.3, -0.25) is 0 Å². The maximum absolute atomic E-state index is 6.01. The van der Waals surface area contributed by atoms with Crippen molar-refractivity contribution in [2.24, 2.45) is 10.8 Å². The third kappa shape index (κ3) is 8.17. The van der Waals surface area contributed by atoms with Crippen LogP contribution in [0.15, 0.2) is 109 Å². The zero-order valence-electron chi connectivity index (χ0n) is 24.4. The minimum Gasteiger partial charge on any atom is -0.432 e. The van der Waals surface area contributed by atoms with E-state index in [1.54, 1.807) is 0 Å². The van der Waals surface area contributed by atoms with Crippen molar-refractivity contribution < 1.29 is 9.47 Å². The summed E-state index contributed by atoms with van der Waals surface area (Å²) in [6, 6.07) is 36.8. The van der Waals surface area contributed by atoms with Crippen molar-refractivity contribution in [2.45, 2.75) is 46.1 Å². The average Bonchev–Trinajstić information content (AvgIpc) is 2.97. The second-order valence-corrected chi connectivity index (χ2v) is 13.1. The predicted octanol–water partition coefficient (Wildman–Crippen LogP) is 8.81. The van der Waals surface area contributed by atoms with Crippen LogP contribution < -0.4 is 20.1 Å². The van der Waals surface area contributed by atoms with Gasteiger partial charge >= 0.3 is 0 Å². The molecule has 42 heavy (non-hydrogen) atoms. The fourth-order valence-electron chi connectivity index (χ4n) is 6.29. The van der Waals surface area contributed by atoms with Crippen LogP contribution in [0, 0.1) is 10.8 Å². The Bertz CT molecular complexity index is 1490. The van der Waals surface area contributed by atoms with Crippen molar-refractivity contribution >= 4 is 34.8 Å². The van der Waals surface area contributed by atoms with Gasteiger partial charge in [-0.2, -0.15) is 0 Å². The summed E-state index contributed by atoms with van der Waals surface area (Å²) in [5.74, 6) is 1.45. The highest BCUT2D eigenvalue weighted by molar-refractivity contribution is 7.80. The Hall–Kier alpha value is -3.74. The monoisotopic (exact) mass is 594 g/mol. The Morgan fingerprint density at radius 3 is 1.60 bits per heavy atom. The molecule has 6 heteroatoms. The lowest BCUT2D eigenvalue weighted by atomic mass is 9.62. The molecule has 0 radical (unpaired) electrons. The molecule has 4 aromatic rings. The largest absolute Gasteiger partial charge is 0.432 e. The summed E-state index contributed by atoms with van der Waals surface area (Å²) < 4.78 is 12.0. The number of benzene rings is 4. The molecule has 0 aliphatic heterocycles. The first-order valence-corrected chi connectivity index (χ1v) is 15.2. The Morgan fingerprint density at radius 2 is 1.10 bits per heavy atom. The minimum absolute atomic E-state index is 0.00303. The van der Waals surface area contributed by atoms with Gasteiger partial charge in [0.1, 0.15) is 11.5 Å². The number of hydrogen-bond donors (Lipinski definition) is 2. The molecule has 216 valence electrons. The van der Waals surface area contributed by atoms with E-state index >= 15 is 0 Å². The van der Waals surface area contributed by atoms with Gasteiger partial charge < -0.3 is 20.1 Å². The Kier molecular flexibility index (Phi) is 9.24. The van der Waals surface area contributed by atoms with E-state index in [4.69, 9.17) is 33.9 Å². The lowest BCUT2D eigenvalue weighted by Crippen LogP contribution is -2.51. The van der Waals surface area contributed by atoms with Crippen LogP contribution in [0.1, 0.15) is 40.0 Å². The molecule has 4 nitrogen and oxygen atoms in total. The van der Waals surface area contributed by atoms with Gasteiger partial charge in [0.15, 0.2) is 0 Å². The molecule has 5 rings (SSSR count). The van der Waals surface area contributed by atoms with E-state index in [0.29, 0.717) is 16.9 Å². The number of hydrogen-bond acceptors (Lipinski definition) is 4. The Balaban J connectivity index is 1.13. The van der Waals surface area contributed by atoms with Gasteiger partial charge in [0.25, 0.3) is 10.3 Å². The third-order valence-corrected chi connectivity index (χ3v) is 8.20. The molecule has 0 amide bonds. The highest BCUT2D eigenvalue weighted by Crippen LogP contribution is 2.45.